The second-order valence-electron chi connectivity index (χ2n) is 6.78. The van der Waals surface area contributed by atoms with Crippen molar-refractivity contribution in [3.63, 3.8) is 0 Å². The van der Waals surface area contributed by atoms with Gasteiger partial charge in [0.1, 0.15) is 5.69 Å². The van der Waals surface area contributed by atoms with Gasteiger partial charge in [-0.25, -0.2) is 0 Å². The number of benzene rings is 1. The summed E-state index contributed by atoms with van der Waals surface area (Å²) in [4.78, 5) is 40.3. The SMILES string of the molecule is CCCNC(=O)CN(C)CC(=O)N1CCN(c2ccc(Cl)cc2[N+](=O)[O-])CC1. The number of likely N-dealkylation sites (N-methyl/N-ethyl adjacent to an activating group) is 1. The highest BCUT2D eigenvalue weighted by atomic mass is 35.5. The van der Waals surface area contributed by atoms with Crippen LogP contribution in [-0.2, 0) is 9.59 Å². The zero-order chi connectivity index (χ0) is 20.7. The maximum Gasteiger partial charge on any atom is 0.294 e. The predicted octanol–water partition coefficient (Wildman–Crippen LogP) is 1.35. The van der Waals surface area contributed by atoms with Crippen LogP contribution in [0.2, 0.25) is 5.02 Å². The number of nitrogens with one attached hydrogen (secondary N) is 1. The molecule has 1 aromatic rings. The first-order valence-electron chi connectivity index (χ1n) is 9.23. The smallest absolute Gasteiger partial charge is 0.294 e. The molecule has 0 saturated carbocycles. The molecule has 2 rings (SSSR count). The molecule has 0 aromatic heterocycles. The maximum atomic E-state index is 12.5. The summed E-state index contributed by atoms with van der Waals surface area (Å²) in [6.07, 6.45) is 0.866. The highest BCUT2D eigenvalue weighted by molar-refractivity contribution is 6.30. The van der Waals surface area contributed by atoms with Crippen molar-refractivity contribution in [2.45, 2.75) is 13.3 Å². The lowest BCUT2D eigenvalue weighted by atomic mass is 10.2. The monoisotopic (exact) mass is 411 g/mol. The number of halogens is 1. The summed E-state index contributed by atoms with van der Waals surface area (Å²) in [5.41, 5.74) is 0.469. The third-order valence-corrected chi connectivity index (χ3v) is 4.73. The summed E-state index contributed by atoms with van der Waals surface area (Å²) >= 11 is 5.87. The third-order valence-electron chi connectivity index (χ3n) is 4.50. The van der Waals surface area contributed by atoms with Crippen LogP contribution in [0.15, 0.2) is 18.2 Å². The quantitative estimate of drug-likeness (QED) is 0.512. The summed E-state index contributed by atoms with van der Waals surface area (Å²) in [6, 6.07) is 4.60. The Morgan fingerprint density at radius 3 is 2.54 bits per heavy atom. The van der Waals surface area contributed by atoms with Crippen molar-refractivity contribution in [2.24, 2.45) is 0 Å². The van der Waals surface area contributed by atoms with E-state index in [1.807, 2.05) is 11.8 Å². The number of nitro groups is 1. The van der Waals surface area contributed by atoms with E-state index < -0.39 is 4.92 Å². The van der Waals surface area contributed by atoms with Crippen LogP contribution in [0.5, 0.6) is 0 Å². The van der Waals surface area contributed by atoms with E-state index in [0.717, 1.165) is 6.42 Å². The summed E-state index contributed by atoms with van der Waals surface area (Å²) in [6.45, 7) is 4.85. The first kappa shape index (κ1) is 21.9. The lowest BCUT2D eigenvalue weighted by Crippen LogP contribution is -2.51. The number of piperazine rings is 1. The number of nitrogens with zero attached hydrogens (tertiary/aromatic N) is 4. The number of anilines is 1. The van der Waals surface area contributed by atoms with Crippen molar-refractivity contribution < 1.29 is 14.5 Å². The average molecular weight is 412 g/mol. The number of hydrogen-bond donors (Lipinski definition) is 1. The maximum absolute atomic E-state index is 12.5. The van der Waals surface area contributed by atoms with Crippen LogP contribution < -0.4 is 10.2 Å². The molecule has 1 aliphatic rings. The van der Waals surface area contributed by atoms with E-state index in [4.69, 9.17) is 11.6 Å². The van der Waals surface area contributed by atoms with Gasteiger partial charge in [-0.3, -0.25) is 24.6 Å². The Morgan fingerprint density at radius 2 is 1.93 bits per heavy atom. The predicted molar refractivity (Wildman–Crippen MR) is 108 cm³/mol. The standard InChI is InChI=1S/C18H26ClN5O4/c1-3-6-20-17(25)12-21(2)13-18(26)23-9-7-22(8-10-23)15-5-4-14(19)11-16(15)24(27)28/h4-5,11H,3,6-10,12-13H2,1-2H3,(H,20,25). The van der Waals surface area contributed by atoms with Gasteiger partial charge in [0, 0.05) is 43.8 Å². The zero-order valence-corrected chi connectivity index (χ0v) is 16.9. The molecule has 1 fully saturated rings. The molecular formula is C18H26ClN5O4. The summed E-state index contributed by atoms with van der Waals surface area (Å²) in [7, 11) is 1.73. The van der Waals surface area contributed by atoms with Crippen LogP contribution in [0.4, 0.5) is 11.4 Å². The largest absolute Gasteiger partial charge is 0.362 e. The van der Waals surface area contributed by atoms with E-state index in [0.29, 0.717) is 43.4 Å². The van der Waals surface area contributed by atoms with E-state index in [2.05, 4.69) is 5.32 Å². The summed E-state index contributed by atoms with van der Waals surface area (Å²) in [5.74, 6) is -0.159. The first-order chi connectivity index (χ1) is 13.3. The fourth-order valence-electron chi connectivity index (χ4n) is 3.06. The van der Waals surface area contributed by atoms with Crippen molar-refractivity contribution in [1.82, 2.24) is 15.1 Å². The lowest BCUT2D eigenvalue weighted by Gasteiger charge is -2.36. The molecule has 0 radical (unpaired) electrons. The van der Waals surface area contributed by atoms with Gasteiger partial charge in [-0.05, 0) is 25.6 Å². The molecule has 154 valence electrons. The highest BCUT2D eigenvalue weighted by Gasteiger charge is 2.26. The molecule has 0 aliphatic carbocycles. The molecule has 28 heavy (non-hydrogen) atoms. The van der Waals surface area contributed by atoms with Crippen molar-refractivity contribution in [3.8, 4) is 0 Å². The van der Waals surface area contributed by atoms with Gasteiger partial charge in [-0.1, -0.05) is 18.5 Å². The topological polar surface area (TPSA) is 99.0 Å². The van der Waals surface area contributed by atoms with Crippen molar-refractivity contribution in [2.75, 3.05) is 57.8 Å². The Labute approximate surface area is 169 Å². The lowest BCUT2D eigenvalue weighted by molar-refractivity contribution is -0.384. The van der Waals surface area contributed by atoms with Crippen LogP contribution in [0.3, 0.4) is 0 Å². The minimum atomic E-state index is -0.447. The molecule has 1 aliphatic heterocycles. The molecule has 1 saturated heterocycles. The van der Waals surface area contributed by atoms with Gasteiger partial charge in [0.15, 0.2) is 0 Å². The van der Waals surface area contributed by atoms with E-state index in [9.17, 15) is 19.7 Å². The van der Waals surface area contributed by atoms with Gasteiger partial charge in [0.25, 0.3) is 5.69 Å². The van der Waals surface area contributed by atoms with Crippen LogP contribution in [0.1, 0.15) is 13.3 Å². The number of nitro benzene ring substituents is 1. The summed E-state index contributed by atoms with van der Waals surface area (Å²) in [5, 5.41) is 14.4. The second-order valence-corrected chi connectivity index (χ2v) is 7.22. The van der Waals surface area contributed by atoms with Gasteiger partial charge in [0.05, 0.1) is 18.0 Å². The molecule has 1 aromatic carbocycles. The van der Waals surface area contributed by atoms with Crippen LogP contribution in [0.25, 0.3) is 0 Å². The Morgan fingerprint density at radius 1 is 1.25 bits per heavy atom. The molecule has 0 atom stereocenters. The molecule has 10 heteroatoms. The molecule has 1 N–H and O–H groups in total. The number of amides is 2. The van der Waals surface area contributed by atoms with Crippen molar-refractivity contribution >= 4 is 34.8 Å². The average Bonchev–Trinajstić information content (AvgIpc) is 2.66. The molecule has 0 spiro atoms. The van der Waals surface area contributed by atoms with Gasteiger partial charge in [-0.2, -0.15) is 0 Å². The fourth-order valence-corrected chi connectivity index (χ4v) is 3.23. The Hall–Kier alpha value is -2.39. The molecule has 9 nitrogen and oxygen atoms in total. The van der Waals surface area contributed by atoms with Crippen LogP contribution in [0, 0.1) is 10.1 Å². The van der Waals surface area contributed by atoms with Crippen molar-refractivity contribution in [1.29, 1.82) is 0 Å². The molecule has 1 heterocycles. The number of carbonyl (C=O) groups is 2. The van der Waals surface area contributed by atoms with E-state index in [1.165, 1.54) is 6.07 Å². The highest BCUT2D eigenvalue weighted by Crippen LogP contribution is 2.31. The van der Waals surface area contributed by atoms with Crippen LogP contribution >= 0.6 is 11.6 Å². The number of carbonyl (C=O) groups excluding carboxylic acids is 2. The Bertz CT molecular complexity index is 722. The number of rotatable bonds is 8. The van der Waals surface area contributed by atoms with Gasteiger partial charge in [0.2, 0.25) is 11.8 Å². The molecular weight excluding hydrogens is 386 g/mol. The number of hydrogen-bond acceptors (Lipinski definition) is 6. The second kappa shape index (κ2) is 10.2. The molecule has 0 unspecified atom stereocenters. The van der Waals surface area contributed by atoms with E-state index in [-0.39, 0.29) is 30.6 Å². The third kappa shape index (κ3) is 6.07. The molecule has 2 amide bonds. The molecule has 0 bridgehead atoms. The normalized spacial score (nSPS) is 14.3. The van der Waals surface area contributed by atoms with Gasteiger partial charge in [-0.15, -0.1) is 0 Å². The van der Waals surface area contributed by atoms with Crippen LogP contribution in [-0.4, -0.2) is 79.4 Å². The summed E-state index contributed by atoms with van der Waals surface area (Å²) < 4.78 is 0. The van der Waals surface area contributed by atoms with E-state index in [1.54, 1.807) is 29.0 Å². The first-order valence-corrected chi connectivity index (χ1v) is 9.61. The minimum absolute atomic E-state index is 0.0369. The van der Waals surface area contributed by atoms with Gasteiger partial charge < -0.3 is 15.1 Å². The Kier molecular flexibility index (Phi) is 8.01. The fraction of sp³-hybridized carbons (Fsp3) is 0.556. The van der Waals surface area contributed by atoms with Crippen molar-refractivity contribution in [3.05, 3.63) is 33.3 Å². The Balaban J connectivity index is 1.87. The van der Waals surface area contributed by atoms with Gasteiger partial charge >= 0.3 is 0 Å². The minimum Gasteiger partial charge on any atom is -0.362 e. The van der Waals surface area contributed by atoms with E-state index >= 15 is 0 Å². The zero-order valence-electron chi connectivity index (χ0n) is 16.2.